The minimum absolute atomic E-state index is 0.324. The molecule has 2 aromatic heterocycles. The number of hydrogen-bond acceptors (Lipinski definition) is 4. The van der Waals surface area contributed by atoms with Gasteiger partial charge in [0.1, 0.15) is 17.1 Å². The SMILES string of the molecule is Cn1nnc(Br)c1C(C)(O)c1ccc(F)cn1. The molecule has 0 bridgehead atoms. The smallest absolute Gasteiger partial charge is 0.154 e. The van der Waals surface area contributed by atoms with E-state index in [9.17, 15) is 9.50 Å². The third kappa shape index (κ3) is 2.07. The van der Waals surface area contributed by atoms with Gasteiger partial charge in [0.2, 0.25) is 0 Å². The topological polar surface area (TPSA) is 63.8 Å². The van der Waals surface area contributed by atoms with Crippen LogP contribution in [0.4, 0.5) is 4.39 Å². The Kier molecular flexibility index (Phi) is 2.96. The summed E-state index contributed by atoms with van der Waals surface area (Å²) in [6, 6.07) is 2.67. The van der Waals surface area contributed by atoms with Crippen molar-refractivity contribution in [3.63, 3.8) is 0 Å². The van der Waals surface area contributed by atoms with E-state index in [1.54, 1.807) is 14.0 Å². The van der Waals surface area contributed by atoms with Gasteiger partial charge in [-0.05, 0) is 35.0 Å². The number of halogens is 2. The van der Waals surface area contributed by atoms with E-state index in [4.69, 9.17) is 0 Å². The highest BCUT2D eigenvalue weighted by molar-refractivity contribution is 9.10. The first kappa shape index (κ1) is 12.1. The van der Waals surface area contributed by atoms with Crippen LogP contribution in [0.2, 0.25) is 0 Å². The Hall–Kier alpha value is -1.34. The fourth-order valence-corrected chi connectivity index (χ4v) is 2.35. The zero-order chi connectivity index (χ0) is 12.6. The average Bonchev–Trinajstić information content (AvgIpc) is 2.59. The lowest BCUT2D eigenvalue weighted by Crippen LogP contribution is -2.27. The molecule has 0 saturated carbocycles. The van der Waals surface area contributed by atoms with Crippen LogP contribution in [-0.2, 0) is 12.6 Å². The zero-order valence-electron chi connectivity index (χ0n) is 9.22. The molecule has 17 heavy (non-hydrogen) atoms. The Labute approximate surface area is 105 Å². The summed E-state index contributed by atoms with van der Waals surface area (Å²) in [5, 5.41) is 18.1. The van der Waals surface area contributed by atoms with Crippen LogP contribution in [0.25, 0.3) is 0 Å². The number of rotatable bonds is 2. The van der Waals surface area contributed by atoms with Crippen LogP contribution in [-0.4, -0.2) is 25.1 Å². The van der Waals surface area contributed by atoms with E-state index in [0.29, 0.717) is 16.0 Å². The molecule has 2 heterocycles. The van der Waals surface area contributed by atoms with Crippen molar-refractivity contribution in [2.45, 2.75) is 12.5 Å². The van der Waals surface area contributed by atoms with Gasteiger partial charge in [-0.2, -0.15) is 0 Å². The Morgan fingerprint density at radius 3 is 2.65 bits per heavy atom. The maximum absolute atomic E-state index is 12.8. The molecule has 0 amide bonds. The largest absolute Gasteiger partial charge is 0.377 e. The average molecular weight is 301 g/mol. The second kappa shape index (κ2) is 4.15. The van der Waals surface area contributed by atoms with Gasteiger partial charge in [-0.1, -0.05) is 5.21 Å². The fraction of sp³-hybridized carbons (Fsp3) is 0.300. The molecule has 5 nitrogen and oxygen atoms in total. The first-order valence-electron chi connectivity index (χ1n) is 4.83. The van der Waals surface area contributed by atoms with Crippen LogP contribution in [0.5, 0.6) is 0 Å². The first-order valence-corrected chi connectivity index (χ1v) is 5.62. The molecular weight excluding hydrogens is 291 g/mol. The summed E-state index contributed by atoms with van der Waals surface area (Å²) in [5.41, 5.74) is -0.619. The summed E-state index contributed by atoms with van der Waals surface area (Å²) in [5.74, 6) is -0.452. The summed E-state index contributed by atoms with van der Waals surface area (Å²) < 4.78 is 14.7. The minimum atomic E-state index is -1.40. The van der Waals surface area contributed by atoms with Crippen molar-refractivity contribution in [3.05, 3.63) is 40.1 Å². The standard InChI is InChI=1S/C10H10BrFN4O/c1-10(17,7-4-3-6(12)5-13-7)8-9(11)14-15-16(8)2/h3-5,17H,1-2H3. The summed E-state index contributed by atoms with van der Waals surface area (Å²) >= 11 is 3.21. The lowest BCUT2D eigenvalue weighted by molar-refractivity contribution is 0.0872. The number of pyridine rings is 1. The molecule has 1 atom stereocenters. The van der Waals surface area contributed by atoms with Gasteiger partial charge in [0.15, 0.2) is 4.60 Å². The highest BCUT2D eigenvalue weighted by Gasteiger charge is 2.33. The predicted octanol–water partition coefficient (Wildman–Crippen LogP) is 1.37. The summed E-state index contributed by atoms with van der Waals surface area (Å²) in [4.78, 5) is 3.87. The maximum Gasteiger partial charge on any atom is 0.154 e. The monoisotopic (exact) mass is 300 g/mol. The van der Waals surface area contributed by atoms with Crippen molar-refractivity contribution in [1.82, 2.24) is 20.0 Å². The molecule has 0 saturated heterocycles. The Morgan fingerprint density at radius 2 is 2.18 bits per heavy atom. The Balaban J connectivity index is 2.53. The number of aryl methyl sites for hydroxylation is 1. The van der Waals surface area contributed by atoms with Crippen molar-refractivity contribution in [3.8, 4) is 0 Å². The Bertz CT molecular complexity index is 518. The van der Waals surface area contributed by atoms with Crippen molar-refractivity contribution in [2.24, 2.45) is 7.05 Å². The molecular formula is C10H10BrFN4O. The first-order chi connectivity index (χ1) is 7.93. The van der Waals surface area contributed by atoms with E-state index in [2.05, 4.69) is 31.2 Å². The van der Waals surface area contributed by atoms with Gasteiger partial charge in [0.05, 0.1) is 11.9 Å². The molecule has 0 aliphatic rings. The summed E-state index contributed by atoms with van der Waals surface area (Å²) in [6.07, 6.45) is 1.06. The van der Waals surface area contributed by atoms with Crippen molar-refractivity contribution in [2.75, 3.05) is 0 Å². The van der Waals surface area contributed by atoms with Crippen molar-refractivity contribution in [1.29, 1.82) is 0 Å². The molecule has 0 radical (unpaired) electrons. The van der Waals surface area contributed by atoms with E-state index in [1.165, 1.54) is 16.8 Å². The van der Waals surface area contributed by atoms with Crippen LogP contribution in [0.15, 0.2) is 22.9 Å². The highest BCUT2D eigenvalue weighted by atomic mass is 79.9. The molecule has 0 aliphatic carbocycles. The second-order valence-corrected chi connectivity index (χ2v) is 4.54. The van der Waals surface area contributed by atoms with Crippen LogP contribution in [0.1, 0.15) is 18.3 Å². The maximum atomic E-state index is 12.8. The number of aliphatic hydroxyl groups is 1. The minimum Gasteiger partial charge on any atom is -0.377 e. The molecule has 1 N–H and O–H groups in total. The Morgan fingerprint density at radius 1 is 1.47 bits per heavy atom. The number of aromatic nitrogens is 4. The highest BCUT2D eigenvalue weighted by Crippen LogP contribution is 2.31. The lowest BCUT2D eigenvalue weighted by atomic mass is 9.98. The van der Waals surface area contributed by atoms with Gasteiger partial charge >= 0.3 is 0 Å². The zero-order valence-corrected chi connectivity index (χ0v) is 10.8. The molecule has 0 spiro atoms. The molecule has 0 aromatic carbocycles. The molecule has 0 aliphatic heterocycles. The van der Waals surface area contributed by atoms with Crippen molar-refractivity contribution < 1.29 is 9.50 Å². The molecule has 2 rings (SSSR count). The summed E-state index contributed by atoms with van der Waals surface area (Å²) in [7, 11) is 1.66. The van der Waals surface area contributed by atoms with Crippen LogP contribution < -0.4 is 0 Å². The predicted molar refractivity (Wildman–Crippen MR) is 61.6 cm³/mol. The molecule has 0 fully saturated rings. The molecule has 1 unspecified atom stereocenters. The summed E-state index contributed by atoms with van der Waals surface area (Å²) in [6.45, 7) is 1.55. The fourth-order valence-electron chi connectivity index (χ4n) is 1.63. The third-order valence-corrected chi connectivity index (χ3v) is 3.01. The van der Waals surface area contributed by atoms with Gasteiger partial charge < -0.3 is 5.11 Å². The van der Waals surface area contributed by atoms with Crippen molar-refractivity contribution >= 4 is 15.9 Å². The number of nitrogens with zero attached hydrogens (tertiary/aromatic N) is 4. The van der Waals surface area contributed by atoms with Gasteiger partial charge in [-0.15, -0.1) is 5.10 Å². The quantitative estimate of drug-likeness (QED) is 0.910. The van der Waals surface area contributed by atoms with Gasteiger partial charge in [-0.3, -0.25) is 4.98 Å². The van der Waals surface area contributed by atoms with E-state index in [-0.39, 0.29) is 0 Å². The van der Waals surface area contributed by atoms with Gasteiger partial charge in [0.25, 0.3) is 0 Å². The van der Waals surface area contributed by atoms with Crippen LogP contribution >= 0.6 is 15.9 Å². The third-order valence-electron chi connectivity index (χ3n) is 2.47. The van der Waals surface area contributed by atoms with Gasteiger partial charge in [-0.25, -0.2) is 9.07 Å². The van der Waals surface area contributed by atoms with E-state index in [0.717, 1.165) is 6.20 Å². The van der Waals surface area contributed by atoms with Crippen LogP contribution in [0, 0.1) is 5.82 Å². The van der Waals surface area contributed by atoms with E-state index in [1.807, 2.05) is 0 Å². The molecule has 2 aromatic rings. The normalized spacial score (nSPS) is 14.6. The van der Waals surface area contributed by atoms with E-state index >= 15 is 0 Å². The lowest BCUT2D eigenvalue weighted by Gasteiger charge is -2.22. The molecule has 90 valence electrons. The number of hydrogen-bond donors (Lipinski definition) is 1. The van der Waals surface area contributed by atoms with E-state index < -0.39 is 11.4 Å². The second-order valence-electron chi connectivity index (χ2n) is 3.79. The molecule has 7 heteroatoms. The van der Waals surface area contributed by atoms with Gasteiger partial charge in [0, 0.05) is 7.05 Å². The van der Waals surface area contributed by atoms with Crippen LogP contribution in [0.3, 0.4) is 0 Å².